The van der Waals surface area contributed by atoms with Gasteiger partial charge in [0.15, 0.2) is 0 Å². The Balaban J connectivity index is 1.72. The summed E-state index contributed by atoms with van der Waals surface area (Å²) < 4.78 is 0. The third-order valence-corrected chi connectivity index (χ3v) is 4.47. The zero-order valence-corrected chi connectivity index (χ0v) is 12.6. The van der Waals surface area contributed by atoms with Crippen LogP contribution in [0.4, 0.5) is 0 Å². The number of hydrogen-bond donors (Lipinski definition) is 2. The van der Waals surface area contributed by atoms with E-state index in [4.69, 9.17) is 5.84 Å². The Morgan fingerprint density at radius 1 is 1.29 bits per heavy atom. The average Bonchev–Trinajstić information content (AvgIpc) is 3.24. The second kappa shape index (κ2) is 6.39. The van der Waals surface area contributed by atoms with Crippen LogP contribution in [0, 0.1) is 0 Å². The highest BCUT2D eigenvalue weighted by molar-refractivity contribution is 7.07. The SMILES string of the molecule is NNC(=O)c1cccc(CN(Cc2ccsc2)C2CC2)c1. The molecule has 3 rings (SSSR count). The minimum absolute atomic E-state index is 0.243. The first kappa shape index (κ1) is 14.3. The number of thiophene rings is 1. The molecule has 1 heterocycles. The molecule has 1 fully saturated rings. The smallest absolute Gasteiger partial charge is 0.265 e. The van der Waals surface area contributed by atoms with Gasteiger partial charge in [-0.15, -0.1) is 0 Å². The predicted octanol–water partition coefficient (Wildman–Crippen LogP) is 2.52. The number of benzene rings is 1. The standard InChI is InChI=1S/C16H19N3OS/c17-18-16(20)14-3-1-2-12(8-14)9-19(15-4-5-15)10-13-6-7-21-11-13/h1-3,6-8,11,15H,4-5,9-10,17H2,(H,18,20). The molecule has 0 atom stereocenters. The topological polar surface area (TPSA) is 58.4 Å². The van der Waals surface area contributed by atoms with Gasteiger partial charge in [0.1, 0.15) is 0 Å². The van der Waals surface area contributed by atoms with E-state index in [1.807, 2.05) is 12.1 Å². The molecular formula is C16H19N3OS. The zero-order valence-electron chi connectivity index (χ0n) is 11.8. The summed E-state index contributed by atoms with van der Waals surface area (Å²) in [6.07, 6.45) is 2.54. The highest BCUT2D eigenvalue weighted by atomic mass is 32.1. The summed E-state index contributed by atoms with van der Waals surface area (Å²) in [5.74, 6) is 4.95. The molecule has 0 radical (unpaired) electrons. The van der Waals surface area contributed by atoms with Crippen molar-refractivity contribution in [3.63, 3.8) is 0 Å². The summed E-state index contributed by atoms with van der Waals surface area (Å²) in [6.45, 7) is 1.84. The Morgan fingerprint density at radius 2 is 2.10 bits per heavy atom. The van der Waals surface area contributed by atoms with Crippen molar-refractivity contribution in [3.05, 3.63) is 57.8 Å². The van der Waals surface area contributed by atoms with Gasteiger partial charge >= 0.3 is 0 Å². The van der Waals surface area contributed by atoms with Crippen LogP contribution in [0.3, 0.4) is 0 Å². The van der Waals surface area contributed by atoms with Gasteiger partial charge in [-0.2, -0.15) is 11.3 Å². The number of nitrogens with two attached hydrogens (primary N) is 1. The molecule has 1 aromatic heterocycles. The first-order valence-corrected chi connectivity index (χ1v) is 8.05. The second-order valence-corrected chi connectivity index (χ2v) is 6.22. The van der Waals surface area contributed by atoms with Gasteiger partial charge in [-0.3, -0.25) is 15.1 Å². The number of nitrogen functional groups attached to an aromatic ring is 1. The summed E-state index contributed by atoms with van der Waals surface area (Å²) in [6, 6.07) is 10.5. The van der Waals surface area contributed by atoms with Crippen LogP contribution in [0.1, 0.15) is 34.3 Å². The molecular weight excluding hydrogens is 282 g/mol. The number of rotatable bonds is 6. The molecule has 1 aliphatic rings. The molecule has 1 saturated carbocycles. The molecule has 21 heavy (non-hydrogen) atoms. The number of nitrogens with zero attached hydrogens (tertiary/aromatic N) is 1. The van der Waals surface area contributed by atoms with Crippen molar-refractivity contribution < 1.29 is 4.79 Å². The molecule has 3 N–H and O–H groups in total. The van der Waals surface area contributed by atoms with E-state index in [1.165, 1.54) is 18.4 Å². The Bertz CT molecular complexity index is 608. The molecule has 2 aromatic rings. The van der Waals surface area contributed by atoms with Gasteiger partial charge in [-0.05, 0) is 52.9 Å². The van der Waals surface area contributed by atoms with Crippen LogP contribution in [0.15, 0.2) is 41.1 Å². The van der Waals surface area contributed by atoms with Crippen LogP contribution < -0.4 is 11.3 Å². The number of carbonyl (C=O) groups is 1. The van der Waals surface area contributed by atoms with Crippen molar-refractivity contribution in [2.24, 2.45) is 5.84 Å². The van der Waals surface area contributed by atoms with Gasteiger partial charge in [-0.1, -0.05) is 12.1 Å². The molecule has 0 bridgehead atoms. The minimum atomic E-state index is -0.243. The van der Waals surface area contributed by atoms with Gasteiger partial charge in [0.2, 0.25) is 0 Å². The quantitative estimate of drug-likeness (QED) is 0.490. The lowest BCUT2D eigenvalue weighted by atomic mass is 10.1. The third-order valence-electron chi connectivity index (χ3n) is 3.73. The normalized spacial score (nSPS) is 14.4. The van der Waals surface area contributed by atoms with E-state index in [2.05, 4.69) is 33.2 Å². The molecule has 1 aliphatic carbocycles. The predicted molar refractivity (Wildman–Crippen MR) is 84.7 cm³/mol. The van der Waals surface area contributed by atoms with E-state index in [9.17, 15) is 4.79 Å². The summed E-state index contributed by atoms with van der Waals surface area (Å²) in [7, 11) is 0. The largest absolute Gasteiger partial charge is 0.292 e. The Kier molecular flexibility index (Phi) is 4.34. The number of carbonyl (C=O) groups excluding carboxylic acids is 1. The summed E-state index contributed by atoms with van der Waals surface area (Å²) in [4.78, 5) is 14.1. The van der Waals surface area contributed by atoms with Gasteiger partial charge in [0.25, 0.3) is 5.91 Å². The summed E-state index contributed by atoms with van der Waals surface area (Å²) in [5, 5.41) is 4.32. The van der Waals surface area contributed by atoms with E-state index in [0.717, 1.165) is 18.7 Å². The molecule has 1 amide bonds. The van der Waals surface area contributed by atoms with Crippen LogP contribution in [0.5, 0.6) is 0 Å². The van der Waals surface area contributed by atoms with Crippen LogP contribution in [0.25, 0.3) is 0 Å². The van der Waals surface area contributed by atoms with E-state index in [0.29, 0.717) is 11.6 Å². The van der Waals surface area contributed by atoms with Gasteiger partial charge in [0.05, 0.1) is 0 Å². The van der Waals surface area contributed by atoms with Crippen LogP contribution >= 0.6 is 11.3 Å². The number of hydrazine groups is 1. The lowest BCUT2D eigenvalue weighted by Crippen LogP contribution is -2.30. The number of hydrogen-bond acceptors (Lipinski definition) is 4. The van der Waals surface area contributed by atoms with Gasteiger partial charge in [-0.25, -0.2) is 5.84 Å². The molecule has 1 aromatic carbocycles. The third kappa shape index (κ3) is 3.69. The maximum absolute atomic E-state index is 11.6. The molecule has 0 aliphatic heterocycles. The van der Waals surface area contributed by atoms with E-state index in [-0.39, 0.29) is 5.91 Å². The maximum atomic E-state index is 11.6. The van der Waals surface area contributed by atoms with E-state index >= 15 is 0 Å². The fourth-order valence-corrected chi connectivity index (χ4v) is 3.16. The fourth-order valence-electron chi connectivity index (χ4n) is 2.50. The Labute approximate surface area is 128 Å². The number of amides is 1. The highest BCUT2D eigenvalue weighted by Crippen LogP contribution is 2.30. The van der Waals surface area contributed by atoms with Crippen molar-refractivity contribution >= 4 is 17.2 Å². The van der Waals surface area contributed by atoms with Crippen LogP contribution in [-0.2, 0) is 13.1 Å². The van der Waals surface area contributed by atoms with Crippen molar-refractivity contribution in [1.82, 2.24) is 10.3 Å². The summed E-state index contributed by atoms with van der Waals surface area (Å²) in [5.41, 5.74) is 5.31. The zero-order chi connectivity index (χ0) is 14.7. The van der Waals surface area contributed by atoms with E-state index in [1.54, 1.807) is 17.4 Å². The molecule has 0 spiro atoms. The van der Waals surface area contributed by atoms with Crippen molar-refractivity contribution in [2.75, 3.05) is 0 Å². The first-order valence-electron chi connectivity index (χ1n) is 7.11. The Hall–Kier alpha value is -1.69. The molecule has 110 valence electrons. The van der Waals surface area contributed by atoms with E-state index < -0.39 is 0 Å². The molecule has 5 heteroatoms. The van der Waals surface area contributed by atoms with Gasteiger partial charge in [0, 0.05) is 24.7 Å². The maximum Gasteiger partial charge on any atom is 0.265 e. The first-order chi connectivity index (χ1) is 10.3. The highest BCUT2D eigenvalue weighted by Gasteiger charge is 2.29. The Morgan fingerprint density at radius 3 is 2.76 bits per heavy atom. The summed E-state index contributed by atoms with van der Waals surface area (Å²) >= 11 is 1.74. The lowest BCUT2D eigenvalue weighted by molar-refractivity contribution is 0.0953. The second-order valence-electron chi connectivity index (χ2n) is 5.44. The molecule has 0 saturated heterocycles. The fraction of sp³-hybridized carbons (Fsp3) is 0.312. The monoisotopic (exact) mass is 301 g/mol. The van der Waals surface area contributed by atoms with Crippen molar-refractivity contribution in [3.8, 4) is 0 Å². The molecule has 0 unspecified atom stereocenters. The van der Waals surface area contributed by atoms with Crippen molar-refractivity contribution in [1.29, 1.82) is 0 Å². The minimum Gasteiger partial charge on any atom is -0.292 e. The molecule has 4 nitrogen and oxygen atoms in total. The van der Waals surface area contributed by atoms with Crippen LogP contribution in [0.2, 0.25) is 0 Å². The van der Waals surface area contributed by atoms with Crippen molar-refractivity contribution in [2.45, 2.75) is 32.0 Å². The lowest BCUT2D eigenvalue weighted by Gasteiger charge is -2.21. The number of nitrogens with one attached hydrogen (secondary N) is 1. The van der Waals surface area contributed by atoms with Crippen LogP contribution in [-0.4, -0.2) is 16.8 Å². The van der Waals surface area contributed by atoms with Gasteiger partial charge < -0.3 is 0 Å². The average molecular weight is 301 g/mol.